The smallest absolute Gasteiger partial charge is 0.197 e. The Labute approximate surface area is 131 Å². The van der Waals surface area contributed by atoms with Gasteiger partial charge in [-0.3, -0.25) is 4.79 Å². The zero-order valence-corrected chi connectivity index (χ0v) is 12.5. The van der Waals surface area contributed by atoms with Gasteiger partial charge in [0.05, 0.1) is 0 Å². The van der Waals surface area contributed by atoms with Crippen molar-refractivity contribution < 1.29 is 4.79 Å². The Balaban J connectivity index is 2.36. The van der Waals surface area contributed by atoms with Crippen molar-refractivity contribution in [1.29, 1.82) is 0 Å². The largest absolute Gasteiger partial charge is 0.381 e. The van der Waals surface area contributed by atoms with Crippen molar-refractivity contribution in [2.24, 2.45) is 0 Å². The highest BCUT2D eigenvalue weighted by molar-refractivity contribution is 6.15. The second-order valence-electron chi connectivity index (χ2n) is 4.76. The Bertz CT molecular complexity index is 619. The molecule has 0 spiro atoms. The monoisotopic (exact) mass is 292 g/mol. The number of nitrogens with one attached hydrogen (secondary N) is 2. The summed E-state index contributed by atoms with van der Waals surface area (Å²) in [5.41, 5.74) is 2.92. The molecule has 0 atom stereocenters. The number of hydrogen-bond acceptors (Lipinski definition) is 3. The van der Waals surface area contributed by atoms with Gasteiger partial charge < -0.3 is 10.6 Å². The van der Waals surface area contributed by atoms with E-state index in [9.17, 15) is 4.79 Å². The van der Waals surface area contributed by atoms with Crippen molar-refractivity contribution in [3.8, 4) is 0 Å². The van der Waals surface area contributed by atoms with Crippen molar-refractivity contribution >= 4 is 17.2 Å². The summed E-state index contributed by atoms with van der Waals surface area (Å²) in [5.74, 6) is -0.0145. The lowest BCUT2D eigenvalue weighted by molar-refractivity contribution is 0.104. The van der Waals surface area contributed by atoms with Gasteiger partial charge in [0.1, 0.15) is 0 Å². The predicted molar refractivity (Wildman–Crippen MR) is 93.7 cm³/mol. The van der Waals surface area contributed by atoms with Crippen LogP contribution in [0.25, 0.3) is 0 Å². The van der Waals surface area contributed by atoms with Crippen LogP contribution < -0.4 is 10.6 Å². The summed E-state index contributed by atoms with van der Waals surface area (Å²) in [7, 11) is 0. The maximum atomic E-state index is 12.9. The zero-order valence-electron chi connectivity index (χ0n) is 12.5. The molecule has 0 radical (unpaired) electrons. The van der Waals surface area contributed by atoms with Gasteiger partial charge in [0.25, 0.3) is 0 Å². The molecule has 22 heavy (non-hydrogen) atoms. The number of benzene rings is 2. The van der Waals surface area contributed by atoms with Gasteiger partial charge in [0.15, 0.2) is 5.78 Å². The molecule has 112 valence electrons. The van der Waals surface area contributed by atoms with E-state index in [0.717, 1.165) is 11.4 Å². The first-order chi connectivity index (χ1) is 10.8. The molecule has 2 rings (SSSR count). The third-order valence-corrected chi connectivity index (χ3v) is 3.22. The van der Waals surface area contributed by atoms with Crippen LogP contribution in [0.5, 0.6) is 0 Å². The molecular formula is C19H20N2O. The number of para-hydroxylation sites is 2. The van der Waals surface area contributed by atoms with Crippen LogP contribution in [-0.4, -0.2) is 18.9 Å². The molecule has 0 fully saturated rings. The van der Waals surface area contributed by atoms with Crippen LogP contribution in [-0.2, 0) is 0 Å². The van der Waals surface area contributed by atoms with E-state index in [4.69, 9.17) is 0 Å². The SMILES string of the molecule is C=CCNc1ccccc1C(=O)c1ccccc1NCC=C. The first-order valence-electron chi connectivity index (χ1n) is 7.20. The molecule has 0 saturated heterocycles. The van der Waals surface area contributed by atoms with Gasteiger partial charge >= 0.3 is 0 Å². The minimum Gasteiger partial charge on any atom is -0.381 e. The normalized spacial score (nSPS) is 9.82. The Morgan fingerprint density at radius 3 is 1.64 bits per heavy atom. The summed E-state index contributed by atoms with van der Waals surface area (Å²) in [6.07, 6.45) is 3.53. The summed E-state index contributed by atoms with van der Waals surface area (Å²) >= 11 is 0. The quantitative estimate of drug-likeness (QED) is 0.568. The van der Waals surface area contributed by atoms with E-state index in [2.05, 4.69) is 23.8 Å². The van der Waals surface area contributed by atoms with Crippen molar-refractivity contribution in [2.75, 3.05) is 23.7 Å². The third-order valence-electron chi connectivity index (χ3n) is 3.22. The van der Waals surface area contributed by atoms with E-state index in [1.807, 2.05) is 48.5 Å². The van der Waals surface area contributed by atoms with Gasteiger partial charge in [-0.15, -0.1) is 13.2 Å². The number of carbonyl (C=O) groups excluding carboxylic acids is 1. The molecule has 3 nitrogen and oxygen atoms in total. The minimum absolute atomic E-state index is 0.0145. The van der Waals surface area contributed by atoms with E-state index in [0.29, 0.717) is 24.2 Å². The lowest BCUT2D eigenvalue weighted by Crippen LogP contribution is -2.11. The average Bonchev–Trinajstić information content (AvgIpc) is 2.58. The number of rotatable bonds is 8. The van der Waals surface area contributed by atoms with Gasteiger partial charge in [-0.1, -0.05) is 36.4 Å². The van der Waals surface area contributed by atoms with Crippen LogP contribution in [0.4, 0.5) is 11.4 Å². The van der Waals surface area contributed by atoms with Crippen LogP contribution in [0, 0.1) is 0 Å². The Morgan fingerprint density at radius 2 is 1.23 bits per heavy atom. The highest BCUT2D eigenvalue weighted by atomic mass is 16.1. The van der Waals surface area contributed by atoms with Crippen molar-refractivity contribution in [3.05, 3.63) is 85.0 Å². The molecule has 2 aromatic carbocycles. The molecule has 0 aromatic heterocycles. The number of carbonyl (C=O) groups is 1. The molecule has 0 aliphatic rings. The maximum absolute atomic E-state index is 12.9. The molecular weight excluding hydrogens is 272 g/mol. The molecule has 0 saturated carbocycles. The maximum Gasteiger partial charge on any atom is 0.197 e. The predicted octanol–water partition coefficient (Wildman–Crippen LogP) is 4.11. The van der Waals surface area contributed by atoms with Crippen LogP contribution in [0.2, 0.25) is 0 Å². The molecule has 2 N–H and O–H groups in total. The van der Waals surface area contributed by atoms with Crippen LogP contribution >= 0.6 is 0 Å². The Morgan fingerprint density at radius 1 is 0.818 bits per heavy atom. The summed E-state index contributed by atoms with van der Waals surface area (Å²) < 4.78 is 0. The van der Waals surface area contributed by atoms with E-state index in [1.54, 1.807) is 12.2 Å². The van der Waals surface area contributed by atoms with E-state index in [1.165, 1.54) is 0 Å². The first kappa shape index (κ1) is 15.6. The second kappa shape index (κ2) is 7.84. The molecule has 0 amide bonds. The van der Waals surface area contributed by atoms with Crippen molar-refractivity contribution in [1.82, 2.24) is 0 Å². The van der Waals surface area contributed by atoms with E-state index in [-0.39, 0.29) is 5.78 Å². The number of ketones is 1. The summed E-state index contributed by atoms with van der Waals surface area (Å²) in [5, 5.41) is 6.40. The van der Waals surface area contributed by atoms with Gasteiger partial charge in [0.2, 0.25) is 0 Å². The third kappa shape index (κ3) is 3.64. The zero-order chi connectivity index (χ0) is 15.8. The molecule has 0 aliphatic heterocycles. The van der Waals surface area contributed by atoms with Crippen LogP contribution in [0.3, 0.4) is 0 Å². The summed E-state index contributed by atoms with van der Waals surface area (Å²) in [6.45, 7) is 8.60. The molecule has 3 heteroatoms. The first-order valence-corrected chi connectivity index (χ1v) is 7.20. The van der Waals surface area contributed by atoms with Gasteiger partial charge in [0, 0.05) is 35.6 Å². The summed E-state index contributed by atoms with van der Waals surface area (Å²) in [4.78, 5) is 12.9. The number of anilines is 2. The minimum atomic E-state index is -0.0145. The molecule has 0 unspecified atom stereocenters. The van der Waals surface area contributed by atoms with Crippen LogP contribution in [0.1, 0.15) is 15.9 Å². The topological polar surface area (TPSA) is 41.1 Å². The van der Waals surface area contributed by atoms with Crippen molar-refractivity contribution in [3.63, 3.8) is 0 Å². The lowest BCUT2D eigenvalue weighted by Gasteiger charge is -2.13. The standard InChI is InChI=1S/C19H20N2O/c1-3-13-20-17-11-7-5-9-15(17)19(22)16-10-6-8-12-18(16)21-14-4-2/h3-12,20-21H,1-2,13-14H2. The van der Waals surface area contributed by atoms with Gasteiger partial charge in [-0.2, -0.15) is 0 Å². The summed E-state index contributed by atoms with van der Waals surface area (Å²) in [6, 6.07) is 15.0. The Kier molecular flexibility index (Phi) is 5.55. The van der Waals surface area contributed by atoms with E-state index >= 15 is 0 Å². The van der Waals surface area contributed by atoms with Crippen molar-refractivity contribution in [2.45, 2.75) is 0 Å². The van der Waals surface area contributed by atoms with Crippen LogP contribution in [0.15, 0.2) is 73.8 Å². The fourth-order valence-electron chi connectivity index (χ4n) is 2.18. The number of hydrogen-bond donors (Lipinski definition) is 2. The highest BCUT2D eigenvalue weighted by Gasteiger charge is 2.16. The Hall–Kier alpha value is -2.81. The molecule has 0 bridgehead atoms. The fourth-order valence-corrected chi connectivity index (χ4v) is 2.18. The van der Waals surface area contributed by atoms with Gasteiger partial charge in [-0.05, 0) is 24.3 Å². The van der Waals surface area contributed by atoms with E-state index < -0.39 is 0 Å². The molecule has 0 aliphatic carbocycles. The lowest BCUT2D eigenvalue weighted by atomic mass is 10.00. The second-order valence-corrected chi connectivity index (χ2v) is 4.76. The fraction of sp³-hybridized carbons (Fsp3) is 0.105. The van der Waals surface area contributed by atoms with Gasteiger partial charge in [-0.25, -0.2) is 0 Å². The average molecular weight is 292 g/mol. The highest BCUT2D eigenvalue weighted by Crippen LogP contribution is 2.23. The molecule has 2 aromatic rings. The molecule has 0 heterocycles.